The van der Waals surface area contributed by atoms with Crippen LogP contribution >= 0.6 is 15.9 Å². The van der Waals surface area contributed by atoms with Gasteiger partial charge in [-0.1, -0.05) is 15.9 Å². The van der Waals surface area contributed by atoms with Gasteiger partial charge < -0.3 is 20.6 Å². The van der Waals surface area contributed by atoms with E-state index in [-0.39, 0.29) is 5.69 Å². The molecule has 2 rings (SSSR count). The van der Waals surface area contributed by atoms with Crippen molar-refractivity contribution in [2.75, 3.05) is 10.6 Å². The molecule has 1 aromatic heterocycles. The molecule has 0 atom stereocenters. The van der Waals surface area contributed by atoms with Crippen LogP contribution in [0.5, 0.6) is 17.2 Å². The zero-order chi connectivity index (χ0) is 14.7. The van der Waals surface area contributed by atoms with E-state index in [4.69, 9.17) is 0 Å². The molecular formula is C12H10BrN3O4. The molecule has 2 amide bonds. The summed E-state index contributed by atoms with van der Waals surface area (Å²) < 4.78 is 0.753. The number of carbonyl (C=O) groups is 1. The van der Waals surface area contributed by atoms with Crippen LogP contribution in [-0.4, -0.2) is 26.3 Å². The molecule has 20 heavy (non-hydrogen) atoms. The lowest BCUT2D eigenvalue weighted by Gasteiger charge is -2.09. The first-order chi connectivity index (χ1) is 9.45. The number of nitrogens with one attached hydrogen (secondary N) is 2. The Hall–Kier alpha value is -2.48. The Balaban J connectivity index is 2.09. The lowest BCUT2D eigenvalue weighted by Crippen LogP contribution is -2.19. The highest BCUT2D eigenvalue weighted by Gasteiger charge is 2.10. The van der Waals surface area contributed by atoms with Gasteiger partial charge in [-0.2, -0.15) is 0 Å². The predicted octanol–water partition coefficient (Wildman–Crippen LogP) is 2.60. The van der Waals surface area contributed by atoms with E-state index in [1.54, 1.807) is 12.1 Å². The van der Waals surface area contributed by atoms with E-state index < -0.39 is 23.3 Å². The molecule has 1 aromatic carbocycles. The standard InChI is InChI=1S/C12H10BrN3O4/c13-6-1-2-14-10(3-6)16-12(20)15-7-4-8(17)11(19)9(18)5-7/h1-5,17-19H,(H2,14,15,16,20). The van der Waals surface area contributed by atoms with Gasteiger partial charge in [-0.15, -0.1) is 0 Å². The van der Waals surface area contributed by atoms with E-state index >= 15 is 0 Å². The largest absolute Gasteiger partial charge is 0.504 e. The van der Waals surface area contributed by atoms with Crippen molar-refractivity contribution in [3.8, 4) is 17.2 Å². The highest BCUT2D eigenvalue weighted by Crippen LogP contribution is 2.37. The van der Waals surface area contributed by atoms with Gasteiger partial charge in [0.1, 0.15) is 5.82 Å². The van der Waals surface area contributed by atoms with Crippen LogP contribution in [0.4, 0.5) is 16.3 Å². The number of pyridine rings is 1. The number of hydrogen-bond acceptors (Lipinski definition) is 5. The number of nitrogens with zero attached hydrogens (tertiary/aromatic N) is 1. The highest BCUT2D eigenvalue weighted by atomic mass is 79.9. The minimum absolute atomic E-state index is 0.116. The maximum atomic E-state index is 11.7. The van der Waals surface area contributed by atoms with E-state index in [0.29, 0.717) is 5.82 Å². The van der Waals surface area contributed by atoms with Crippen molar-refractivity contribution in [3.63, 3.8) is 0 Å². The summed E-state index contributed by atoms with van der Waals surface area (Å²) >= 11 is 3.24. The van der Waals surface area contributed by atoms with Gasteiger partial charge in [0.15, 0.2) is 17.2 Å². The second kappa shape index (κ2) is 5.66. The number of amides is 2. The number of aromatic nitrogens is 1. The first-order valence-corrected chi connectivity index (χ1v) is 6.19. The van der Waals surface area contributed by atoms with Crippen LogP contribution in [0.3, 0.4) is 0 Å². The number of phenols is 3. The first-order valence-electron chi connectivity index (χ1n) is 5.40. The summed E-state index contributed by atoms with van der Waals surface area (Å²) in [6.07, 6.45) is 1.51. The summed E-state index contributed by atoms with van der Waals surface area (Å²) in [6, 6.07) is 4.90. The van der Waals surface area contributed by atoms with Crippen molar-refractivity contribution in [1.29, 1.82) is 0 Å². The fourth-order valence-electron chi connectivity index (χ4n) is 1.43. The van der Waals surface area contributed by atoms with Gasteiger partial charge >= 0.3 is 6.03 Å². The van der Waals surface area contributed by atoms with Gasteiger partial charge in [0.05, 0.1) is 5.69 Å². The predicted molar refractivity (Wildman–Crippen MR) is 76.0 cm³/mol. The Labute approximate surface area is 122 Å². The van der Waals surface area contributed by atoms with Crippen LogP contribution in [0.1, 0.15) is 0 Å². The summed E-state index contributed by atoms with van der Waals surface area (Å²) in [7, 11) is 0. The average molecular weight is 340 g/mol. The van der Waals surface area contributed by atoms with Gasteiger partial charge in [-0.05, 0) is 12.1 Å². The zero-order valence-electron chi connectivity index (χ0n) is 9.96. The van der Waals surface area contributed by atoms with Crippen LogP contribution in [0.2, 0.25) is 0 Å². The molecule has 7 nitrogen and oxygen atoms in total. The van der Waals surface area contributed by atoms with Gasteiger partial charge in [0.2, 0.25) is 0 Å². The normalized spacial score (nSPS) is 10.1. The summed E-state index contributed by atoms with van der Waals surface area (Å²) in [6.45, 7) is 0. The Kier molecular flexibility index (Phi) is 3.94. The van der Waals surface area contributed by atoms with Crippen molar-refractivity contribution in [2.45, 2.75) is 0 Å². The molecule has 104 valence electrons. The molecule has 5 N–H and O–H groups in total. The third-order valence-electron chi connectivity index (χ3n) is 2.29. The van der Waals surface area contributed by atoms with E-state index in [1.165, 1.54) is 6.20 Å². The number of carbonyl (C=O) groups excluding carboxylic acids is 1. The van der Waals surface area contributed by atoms with E-state index in [1.807, 2.05) is 0 Å². The van der Waals surface area contributed by atoms with Crippen molar-refractivity contribution < 1.29 is 20.1 Å². The maximum Gasteiger partial charge on any atom is 0.324 e. The van der Waals surface area contributed by atoms with Gasteiger partial charge in [0, 0.05) is 22.8 Å². The summed E-state index contributed by atoms with van der Waals surface area (Å²) in [4.78, 5) is 15.6. The quantitative estimate of drug-likeness (QED) is 0.426. The van der Waals surface area contributed by atoms with Crippen molar-refractivity contribution in [3.05, 3.63) is 34.9 Å². The number of halogens is 1. The smallest absolute Gasteiger partial charge is 0.324 e. The maximum absolute atomic E-state index is 11.7. The summed E-state index contributed by atoms with van der Waals surface area (Å²) in [5.41, 5.74) is 0.116. The monoisotopic (exact) mass is 339 g/mol. The second-order valence-corrected chi connectivity index (χ2v) is 4.72. The number of urea groups is 1. The molecule has 8 heteroatoms. The number of rotatable bonds is 2. The minimum Gasteiger partial charge on any atom is -0.504 e. The SMILES string of the molecule is O=C(Nc1cc(O)c(O)c(O)c1)Nc1cc(Br)ccn1. The fourth-order valence-corrected chi connectivity index (χ4v) is 1.76. The van der Waals surface area contributed by atoms with Crippen molar-refractivity contribution >= 4 is 33.5 Å². The van der Waals surface area contributed by atoms with Gasteiger partial charge in [-0.3, -0.25) is 5.32 Å². The molecule has 0 radical (unpaired) electrons. The molecule has 0 aliphatic carbocycles. The number of benzene rings is 1. The number of phenolic OH excluding ortho intramolecular Hbond substituents is 3. The lowest BCUT2D eigenvalue weighted by molar-refractivity contribution is 0.262. The van der Waals surface area contributed by atoms with Crippen LogP contribution in [0, 0.1) is 0 Å². The molecule has 0 saturated carbocycles. The fraction of sp³-hybridized carbons (Fsp3) is 0. The van der Waals surface area contributed by atoms with Crippen LogP contribution in [0.15, 0.2) is 34.9 Å². The Morgan fingerprint density at radius 3 is 2.35 bits per heavy atom. The summed E-state index contributed by atoms with van der Waals surface area (Å²) in [5.74, 6) is -1.41. The molecule has 0 aliphatic rings. The molecule has 0 fully saturated rings. The zero-order valence-corrected chi connectivity index (χ0v) is 11.5. The number of hydrogen-bond donors (Lipinski definition) is 5. The molecule has 0 bridgehead atoms. The van der Waals surface area contributed by atoms with Crippen LogP contribution in [0.25, 0.3) is 0 Å². The molecular weight excluding hydrogens is 330 g/mol. The Morgan fingerprint density at radius 1 is 1.10 bits per heavy atom. The average Bonchev–Trinajstić information content (AvgIpc) is 2.35. The van der Waals surface area contributed by atoms with Crippen molar-refractivity contribution in [1.82, 2.24) is 4.98 Å². The third-order valence-corrected chi connectivity index (χ3v) is 2.78. The minimum atomic E-state index is -0.649. The molecule has 2 aromatic rings. The molecule has 0 unspecified atom stereocenters. The van der Waals surface area contributed by atoms with Crippen molar-refractivity contribution in [2.24, 2.45) is 0 Å². The molecule has 0 spiro atoms. The van der Waals surface area contributed by atoms with E-state index in [0.717, 1.165) is 16.6 Å². The van der Waals surface area contributed by atoms with E-state index in [2.05, 4.69) is 31.5 Å². The summed E-state index contributed by atoms with van der Waals surface area (Å²) in [5, 5.41) is 32.7. The van der Waals surface area contributed by atoms with Crippen LogP contribution in [-0.2, 0) is 0 Å². The molecule has 1 heterocycles. The lowest BCUT2D eigenvalue weighted by atomic mass is 10.2. The number of aromatic hydroxyl groups is 3. The Morgan fingerprint density at radius 2 is 1.75 bits per heavy atom. The molecule has 0 saturated heterocycles. The first kappa shape index (κ1) is 13.9. The Bertz CT molecular complexity index is 640. The number of anilines is 2. The highest BCUT2D eigenvalue weighted by molar-refractivity contribution is 9.10. The van der Waals surface area contributed by atoms with E-state index in [9.17, 15) is 20.1 Å². The third kappa shape index (κ3) is 3.29. The van der Waals surface area contributed by atoms with Crippen LogP contribution < -0.4 is 10.6 Å². The topological polar surface area (TPSA) is 115 Å². The molecule has 0 aliphatic heterocycles. The second-order valence-electron chi connectivity index (χ2n) is 3.80. The van der Waals surface area contributed by atoms with Gasteiger partial charge in [0.25, 0.3) is 0 Å². The van der Waals surface area contributed by atoms with Gasteiger partial charge in [-0.25, -0.2) is 9.78 Å².